The van der Waals surface area contributed by atoms with E-state index < -0.39 is 13.4 Å². The summed E-state index contributed by atoms with van der Waals surface area (Å²) in [4.78, 5) is 17.4. The van der Waals surface area contributed by atoms with Crippen molar-refractivity contribution in [1.82, 2.24) is 0 Å². The minimum atomic E-state index is -4.38. The van der Waals surface area contributed by atoms with Crippen LogP contribution in [0.1, 0.15) is 26.7 Å². The summed E-state index contributed by atoms with van der Waals surface area (Å²) in [7, 11) is -4.38. The summed E-state index contributed by atoms with van der Waals surface area (Å²) in [5, 5.41) is 0. The van der Waals surface area contributed by atoms with Gasteiger partial charge >= 0.3 is 7.82 Å². The van der Waals surface area contributed by atoms with Crippen LogP contribution in [0.3, 0.4) is 0 Å². The average Bonchev–Trinajstić information content (AvgIpc) is 2.67. The van der Waals surface area contributed by atoms with Gasteiger partial charge < -0.3 is 15.5 Å². The molecule has 2 aliphatic rings. The maximum absolute atomic E-state index is 10.7. The Kier molecular flexibility index (Phi) is 5.29. The molecule has 0 saturated heterocycles. The van der Waals surface area contributed by atoms with E-state index in [2.05, 4.69) is 35.8 Å². The first-order valence-electron chi connectivity index (χ1n) is 7.59. The third kappa shape index (κ3) is 5.72. The van der Waals surface area contributed by atoms with Crippen molar-refractivity contribution in [2.75, 3.05) is 6.61 Å². The molecule has 0 amide bonds. The molecule has 0 radical (unpaired) electrons. The average molecular weight is 337 g/mol. The van der Waals surface area contributed by atoms with Gasteiger partial charge in [0.1, 0.15) is 0 Å². The van der Waals surface area contributed by atoms with E-state index in [1.54, 1.807) is 0 Å². The maximum atomic E-state index is 10.7. The van der Waals surface area contributed by atoms with Crippen molar-refractivity contribution < 1.29 is 18.9 Å². The summed E-state index contributed by atoms with van der Waals surface area (Å²) in [5.41, 5.74) is 7.68. The molecule has 0 fully saturated rings. The van der Waals surface area contributed by atoms with Crippen LogP contribution in [0.4, 0.5) is 0 Å². The zero-order valence-corrected chi connectivity index (χ0v) is 14.4. The van der Waals surface area contributed by atoms with E-state index in [9.17, 15) is 4.57 Å². The fraction of sp³-hybridized carbons (Fsp3) is 0.412. The highest BCUT2D eigenvalue weighted by Crippen LogP contribution is 2.37. The lowest BCUT2D eigenvalue weighted by molar-refractivity contribution is 0.189. The molecule has 4 N–H and O–H groups in total. The lowest BCUT2D eigenvalue weighted by atomic mass is 9.85. The number of hydrogen-bond donors (Lipinski definition) is 3. The van der Waals surface area contributed by atoms with Crippen LogP contribution in [-0.2, 0) is 9.09 Å². The molecule has 5 nitrogen and oxygen atoms in total. The van der Waals surface area contributed by atoms with Gasteiger partial charge in [0.05, 0.1) is 12.1 Å². The number of allylic oxidation sites excluding steroid dienone is 8. The summed E-state index contributed by atoms with van der Waals surface area (Å²) in [6, 6.07) is 0. The normalized spacial score (nSPS) is 22.0. The molecule has 126 valence electrons. The second-order valence-electron chi connectivity index (χ2n) is 6.54. The van der Waals surface area contributed by atoms with Gasteiger partial charge in [-0.25, -0.2) is 4.57 Å². The largest absolute Gasteiger partial charge is 0.469 e. The van der Waals surface area contributed by atoms with Crippen LogP contribution in [0.25, 0.3) is 0 Å². The minimum Gasteiger partial charge on any atom is -0.319 e. The van der Waals surface area contributed by atoms with Gasteiger partial charge in [0.25, 0.3) is 0 Å². The molecular formula is C17H24NO4P. The molecule has 0 aromatic heterocycles. The minimum absolute atomic E-state index is 0.0417. The fourth-order valence-corrected chi connectivity index (χ4v) is 2.88. The van der Waals surface area contributed by atoms with E-state index in [0.29, 0.717) is 6.42 Å². The van der Waals surface area contributed by atoms with E-state index in [1.807, 2.05) is 31.2 Å². The lowest BCUT2D eigenvalue weighted by Gasteiger charge is -2.21. The van der Waals surface area contributed by atoms with Gasteiger partial charge in [-0.15, -0.1) is 0 Å². The van der Waals surface area contributed by atoms with E-state index in [-0.39, 0.29) is 12.0 Å². The third-order valence-electron chi connectivity index (χ3n) is 3.98. The second-order valence-corrected chi connectivity index (χ2v) is 7.78. The predicted octanol–water partition coefficient (Wildman–Crippen LogP) is 3.15. The van der Waals surface area contributed by atoms with Gasteiger partial charge in [0.15, 0.2) is 0 Å². The lowest BCUT2D eigenvalue weighted by Crippen LogP contribution is -2.30. The molecular weight excluding hydrogens is 313 g/mol. The topological polar surface area (TPSA) is 92.8 Å². The molecule has 2 rings (SSSR count). The SMILES string of the molecule is CC1(N)C=CC2=C(C=C1)C=CC(C)(CCCOP(=O)(O)O)C=C2. The maximum Gasteiger partial charge on any atom is 0.469 e. The molecule has 6 heteroatoms. The smallest absolute Gasteiger partial charge is 0.319 e. The number of nitrogens with two attached hydrogens (primary N) is 1. The van der Waals surface area contributed by atoms with Gasteiger partial charge in [0, 0.05) is 5.41 Å². The first-order chi connectivity index (χ1) is 10.6. The van der Waals surface area contributed by atoms with Crippen molar-refractivity contribution in [2.45, 2.75) is 32.2 Å². The Balaban J connectivity index is 2.03. The predicted molar refractivity (Wildman–Crippen MR) is 91.5 cm³/mol. The van der Waals surface area contributed by atoms with Crippen molar-refractivity contribution in [1.29, 1.82) is 0 Å². The second kappa shape index (κ2) is 6.71. The van der Waals surface area contributed by atoms with Crippen LogP contribution in [0.2, 0.25) is 0 Å². The van der Waals surface area contributed by atoms with Crippen LogP contribution >= 0.6 is 7.82 Å². The van der Waals surface area contributed by atoms with Crippen LogP contribution in [0, 0.1) is 5.41 Å². The standard InChI is InChI=1S/C17H24NO4P/c1-16(8-3-13-22-23(19,20)21)9-4-14-6-11-17(2,18)12-7-15(14)5-10-16/h4-7,9-12H,3,8,13,18H2,1-2H3,(H2,19,20,21). The Labute approximate surface area is 137 Å². The Morgan fingerprint density at radius 3 is 2.00 bits per heavy atom. The first-order valence-corrected chi connectivity index (χ1v) is 9.12. The highest BCUT2D eigenvalue weighted by molar-refractivity contribution is 7.46. The van der Waals surface area contributed by atoms with Gasteiger partial charge in [-0.05, 0) is 30.9 Å². The number of rotatable bonds is 5. The van der Waals surface area contributed by atoms with Crippen LogP contribution in [0.5, 0.6) is 0 Å². The van der Waals surface area contributed by atoms with Crippen LogP contribution in [-0.4, -0.2) is 21.9 Å². The highest BCUT2D eigenvalue weighted by atomic mass is 31.2. The molecule has 23 heavy (non-hydrogen) atoms. The Bertz CT molecular complexity index is 614. The van der Waals surface area contributed by atoms with Gasteiger partial charge in [0.2, 0.25) is 0 Å². The fourth-order valence-electron chi connectivity index (χ4n) is 2.51. The Hall–Kier alpha value is -1.23. The zero-order chi connectivity index (χ0) is 17.1. The molecule has 0 aromatic carbocycles. The monoisotopic (exact) mass is 337 g/mol. The molecule has 2 aliphatic carbocycles. The van der Waals surface area contributed by atoms with Crippen molar-refractivity contribution in [3.8, 4) is 0 Å². The van der Waals surface area contributed by atoms with Crippen LogP contribution in [0.15, 0.2) is 59.8 Å². The summed E-state index contributed by atoms with van der Waals surface area (Å²) in [5.74, 6) is 0. The highest BCUT2D eigenvalue weighted by Gasteiger charge is 2.21. The Morgan fingerprint density at radius 2 is 1.52 bits per heavy atom. The summed E-state index contributed by atoms with van der Waals surface area (Å²) >= 11 is 0. The number of phosphoric ester groups is 1. The molecule has 0 saturated carbocycles. The molecule has 0 spiro atoms. The molecule has 0 bridgehead atoms. The Morgan fingerprint density at radius 1 is 1.04 bits per heavy atom. The molecule has 0 unspecified atom stereocenters. The summed E-state index contributed by atoms with van der Waals surface area (Å²) in [6.45, 7) is 4.08. The van der Waals surface area contributed by atoms with E-state index in [1.165, 1.54) is 0 Å². The zero-order valence-electron chi connectivity index (χ0n) is 13.5. The quantitative estimate of drug-likeness (QED) is 0.529. The van der Waals surface area contributed by atoms with Crippen molar-refractivity contribution in [3.63, 3.8) is 0 Å². The van der Waals surface area contributed by atoms with Crippen LogP contribution < -0.4 is 5.73 Å². The van der Waals surface area contributed by atoms with Gasteiger partial charge in [-0.3, -0.25) is 4.52 Å². The number of hydrogen-bond acceptors (Lipinski definition) is 3. The molecule has 0 heterocycles. The van der Waals surface area contributed by atoms with Crippen molar-refractivity contribution in [2.24, 2.45) is 11.1 Å². The number of phosphoric acid groups is 1. The van der Waals surface area contributed by atoms with E-state index >= 15 is 0 Å². The van der Waals surface area contributed by atoms with Gasteiger partial charge in [-0.2, -0.15) is 0 Å². The van der Waals surface area contributed by atoms with E-state index in [4.69, 9.17) is 15.5 Å². The van der Waals surface area contributed by atoms with Gasteiger partial charge in [-0.1, -0.05) is 55.5 Å². The van der Waals surface area contributed by atoms with E-state index in [0.717, 1.165) is 17.6 Å². The summed E-state index contributed by atoms with van der Waals surface area (Å²) < 4.78 is 15.2. The van der Waals surface area contributed by atoms with Crippen molar-refractivity contribution in [3.05, 3.63) is 59.8 Å². The first kappa shape index (κ1) is 18.1. The third-order valence-corrected chi connectivity index (χ3v) is 4.50. The molecule has 0 aliphatic heterocycles. The van der Waals surface area contributed by atoms with Crippen molar-refractivity contribution >= 4 is 7.82 Å². The summed E-state index contributed by atoms with van der Waals surface area (Å²) in [6.07, 6.45) is 17.7. The molecule has 0 aromatic rings. The molecule has 0 atom stereocenters.